The molecule has 0 amide bonds. The quantitative estimate of drug-likeness (QED) is 0.675. The number of hydrogen-bond donors (Lipinski definition) is 2. The van der Waals surface area contributed by atoms with Crippen LogP contribution in [0.15, 0.2) is 41.5 Å². The van der Waals surface area contributed by atoms with Gasteiger partial charge in [0.25, 0.3) is 0 Å². The molecule has 0 aliphatic rings. The van der Waals surface area contributed by atoms with Crippen LogP contribution in [-0.4, -0.2) is 15.0 Å². The van der Waals surface area contributed by atoms with Crippen LogP contribution in [0.1, 0.15) is 5.56 Å². The van der Waals surface area contributed by atoms with Crippen molar-refractivity contribution in [2.24, 2.45) is 0 Å². The van der Waals surface area contributed by atoms with Crippen LogP contribution < -0.4 is 5.43 Å². The zero-order chi connectivity index (χ0) is 12.5. The average molecular weight is 236 g/mol. The van der Waals surface area contributed by atoms with Crippen molar-refractivity contribution < 1.29 is 0 Å². The van der Waals surface area contributed by atoms with Gasteiger partial charge in [0.1, 0.15) is 17.4 Å². The molecule has 2 heterocycles. The van der Waals surface area contributed by atoms with E-state index in [1.54, 1.807) is 24.5 Å². The highest BCUT2D eigenvalue weighted by molar-refractivity contribution is 5.84. The number of para-hydroxylation sites is 1. The minimum atomic E-state index is -0.119. The number of fused-ring (bicyclic) bond motifs is 1. The topological polar surface area (TPSA) is 85.3 Å². The number of benzene rings is 1. The molecule has 0 unspecified atom stereocenters. The van der Waals surface area contributed by atoms with Crippen molar-refractivity contribution in [2.45, 2.75) is 0 Å². The third-order valence-corrected chi connectivity index (χ3v) is 2.71. The molecule has 0 saturated heterocycles. The normalized spacial score (nSPS) is 10.4. The SMILES string of the molecule is N#Cc1cccc2[nH]c(-c3c[nH]ccc3=O)nc12. The highest BCUT2D eigenvalue weighted by Crippen LogP contribution is 2.19. The number of nitriles is 1. The fraction of sp³-hybridized carbons (Fsp3) is 0. The molecule has 1 aromatic carbocycles. The summed E-state index contributed by atoms with van der Waals surface area (Å²) in [6.45, 7) is 0. The summed E-state index contributed by atoms with van der Waals surface area (Å²) in [5.74, 6) is 0.467. The molecule has 0 fully saturated rings. The monoisotopic (exact) mass is 236 g/mol. The average Bonchev–Trinajstić information content (AvgIpc) is 2.82. The van der Waals surface area contributed by atoms with Gasteiger partial charge in [-0.25, -0.2) is 4.98 Å². The number of aromatic amines is 2. The van der Waals surface area contributed by atoms with Crippen LogP contribution in [0, 0.1) is 11.3 Å². The lowest BCUT2D eigenvalue weighted by molar-refractivity contribution is 1.25. The van der Waals surface area contributed by atoms with Gasteiger partial charge in [0.2, 0.25) is 0 Å². The molecule has 0 saturated carbocycles. The van der Waals surface area contributed by atoms with E-state index < -0.39 is 0 Å². The van der Waals surface area contributed by atoms with Gasteiger partial charge in [-0.3, -0.25) is 4.79 Å². The minimum Gasteiger partial charge on any atom is -0.367 e. The molecule has 2 aromatic heterocycles. The second-order valence-corrected chi connectivity index (χ2v) is 3.82. The van der Waals surface area contributed by atoms with E-state index in [0.29, 0.717) is 22.5 Å². The number of imidazole rings is 1. The van der Waals surface area contributed by atoms with E-state index in [0.717, 1.165) is 5.52 Å². The Kier molecular flexibility index (Phi) is 2.21. The van der Waals surface area contributed by atoms with Gasteiger partial charge >= 0.3 is 0 Å². The lowest BCUT2D eigenvalue weighted by Crippen LogP contribution is -2.03. The zero-order valence-electron chi connectivity index (χ0n) is 9.27. The van der Waals surface area contributed by atoms with Crippen LogP contribution in [0.25, 0.3) is 22.4 Å². The summed E-state index contributed by atoms with van der Waals surface area (Å²) in [6, 6.07) is 8.81. The summed E-state index contributed by atoms with van der Waals surface area (Å²) < 4.78 is 0. The first-order valence-electron chi connectivity index (χ1n) is 5.36. The lowest BCUT2D eigenvalue weighted by atomic mass is 10.2. The highest BCUT2D eigenvalue weighted by atomic mass is 16.1. The molecule has 18 heavy (non-hydrogen) atoms. The van der Waals surface area contributed by atoms with Crippen molar-refractivity contribution in [3.05, 3.63) is 52.4 Å². The summed E-state index contributed by atoms with van der Waals surface area (Å²) in [4.78, 5) is 21.9. The maximum Gasteiger partial charge on any atom is 0.192 e. The first-order chi connectivity index (χ1) is 8.79. The van der Waals surface area contributed by atoms with E-state index in [2.05, 4.69) is 21.0 Å². The molecular weight excluding hydrogens is 228 g/mol. The van der Waals surface area contributed by atoms with E-state index in [4.69, 9.17) is 5.26 Å². The Balaban J connectivity index is 2.31. The van der Waals surface area contributed by atoms with E-state index in [9.17, 15) is 4.79 Å². The van der Waals surface area contributed by atoms with Crippen molar-refractivity contribution in [1.29, 1.82) is 5.26 Å². The van der Waals surface area contributed by atoms with Crippen LogP contribution in [0.2, 0.25) is 0 Å². The minimum absolute atomic E-state index is 0.119. The Morgan fingerprint density at radius 2 is 2.17 bits per heavy atom. The van der Waals surface area contributed by atoms with Crippen LogP contribution >= 0.6 is 0 Å². The van der Waals surface area contributed by atoms with Gasteiger partial charge in [-0.2, -0.15) is 5.26 Å². The Labute approximate surface area is 102 Å². The maximum atomic E-state index is 11.7. The number of nitrogens with one attached hydrogen (secondary N) is 2. The van der Waals surface area contributed by atoms with Crippen molar-refractivity contribution in [3.63, 3.8) is 0 Å². The van der Waals surface area contributed by atoms with Crippen LogP contribution in [-0.2, 0) is 0 Å². The Bertz CT molecular complexity index is 823. The predicted octanol–water partition coefficient (Wildman–Crippen LogP) is 1.79. The number of nitrogens with zero attached hydrogens (tertiary/aromatic N) is 2. The zero-order valence-corrected chi connectivity index (χ0v) is 9.27. The van der Waals surface area contributed by atoms with Crippen LogP contribution in [0.5, 0.6) is 0 Å². The summed E-state index contributed by atoms with van der Waals surface area (Å²) in [6.07, 6.45) is 3.15. The number of hydrogen-bond acceptors (Lipinski definition) is 3. The molecule has 0 bridgehead atoms. The molecule has 0 aliphatic heterocycles. The lowest BCUT2D eigenvalue weighted by Gasteiger charge is -1.92. The molecule has 0 spiro atoms. The van der Waals surface area contributed by atoms with Gasteiger partial charge in [-0.15, -0.1) is 0 Å². The third kappa shape index (κ3) is 1.48. The van der Waals surface area contributed by atoms with Gasteiger partial charge in [0.15, 0.2) is 5.43 Å². The highest BCUT2D eigenvalue weighted by Gasteiger charge is 2.10. The molecule has 0 atom stereocenters. The molecular formula is C13H8N4O. The fourth-order valence-electron chi connectivity index (χ4n) is 1.85. The van der Waals surface area contributed by atoms with E-state index in [1.807, 2.05) is 6.07 Å². The second kappa shape index (κ2) is 3.86. The number of aromatic nitrogens is 3. The van der Waals surface area contributed by atoms with Gasteiger partial charge in [-0.1, -0.05) is 6.07 Å². The van der Waals surface area contributed by atoms with Crippen molar-refractivity contribution in [3.8, 4) is 17.5 Å². The van der Waals surface area contributed by atoms with Gasteiger partial charge in [-0.05, 0) is 12.1 Å². The molecule has 3 rings (SSSR count). The van der Waals surface area contributed by atoms with Crippen molar-refractivity contribution in [1.82, 2.24) is 15.0 Å². The van der Waals surface area contributed by atoms with Gasteiger partial charge < -0.3 is 9.97 Å². The summed E-state index contributed by atoms with van der Waals surface area (Å²) in [5, 5.41) is 9.00. The largest absolute Gasteiger partial charge is 0.367 e. The van der Waals surface area contributed by atoms with Crippen molar-refractivity contribution in [2.75, 3.05) is 0 Å². The van der Waals surface area contributed by atoms with Gasteiger partial charge in [0.05, 0.1) is 16.6 Å². The Morgan fingerprint density at radius 3 is 2.94 bits per heavy atom. The Hall–Kier alpha value is -2.87. The van der Waals surface area contributed by atoms with Gasteiger partial charge in [0, 0.05) is 18.5 Å². The molecule has 5 heteroatoms. The molecule has 5 nitrogen and oxygen atoms in total. The maximum absolute atomic E-state index is 11.7. The first-order valence-corrected chi connectivity index (χ1v) is 5.36. The van der Waals surface area contributed by atoms with Crippen molar-refractivity contribution >= 4 is 11.0 Å². The van der Waals surface area contributed by atoms with E-state index in [1.165, 1.54) is 6.07 Å². The fourth-order valence-corrected chi connectivity index (χ4v) is 1.85. The summed E-state index contributed by atoms with van der Waals surface area (Å²) in [7, 11) is 0. The molecule has 2 N–H and O–H groups in total. The molecule has 86 valence electrons. The van der Waals surface area contributed by atoms with Crippen LogP contribution in [0.4, 0.5) is 0 Å². The Morgan fingerprint density at radius 1 is 1.28 bits per heavy atom. The number of H-pyrrole nitrogens is 2. The second-order valence-electron chi connectivity index (χ2n) is 3.82. The van der Waals surface area contributed by atoms with E-state index >= 15 is 0 Å². The smallest absolute Gasteiger partial charge is 0.192 e. The summed E-state index contributed by atoms with van der Waals surface area (Å²) in [5.41, 5.74) is 2.15. The molecule has 0 radical (unpaired) electrons. The number of rotatable bonds is 1. The predicted molar refractivity (Wildman–Crippen MR) is 66.9 cm³/mol. The third-order valence-electron chi connectivity index (χ3n) is 2.71. The molecule has 0 aliphatic carbocycles. The standard InChI is InChI=1S/C13H8N4O/c14-6-8-2-1-3-10-12(8)17-13(16-10)9-7-15-5-4-11(9)18/h1-5,7H,(H,15,18)(H,16,17). The molecule has 3 aromatic rings. The summed E-state index contributed by atoms with van der Waals surface area (Å²) >= 11 is 0. The first kappa shape index (κ1) is 10.3. The van der Waals surface area contributed by atoms with Crippen LogP contribution in [0.3, 0.4) is 0 Å². The number of pyridine rings is 1. The van der Waals surface area contributed by atoms with E-state index in [-0.39, 0.29) is 5.43 Å².